The fourth-order valence-corrected chi connectivity index (χ4v) is 5.56. The molecule has 0 bridgehead atoms. The number of fused-ring (bicyclic) bond motifs is 2. The zero-order chi connectivity index (χ0) is 21.0. The van der Waals surface area contributed by atoms with Crippen molar-refractivity contribution in [2.45, 2.75) is 26.7 Å². The first-order valence-corrected chi connectivity index (χ1v) is 11.2. The molecule has 5 heterocycles. The molecule has 0 radical (unpaired) electrons. The number of thiophene rings is 1. The Bertz CT molecular complexity index is 1240. The van der Waals surface area contributed by atoms with E-state index in [9.17, 15) is 4.79 Å². The second kappa shape index (κ2) is 7.21. The van der Waals surface area contributed by atoms with Crippen LogP contribution in [0.2, 0.25) is 0 Å². The van der Waals surface area contributed by atoms with Crippen molar-refractivity contribution >= 4 is 33.1 Å². The molecule has 30 heavy (non-hydrogen) atoms. The van der Waals surface area contributed by atoms with Gasteiger partial charge in [0.2, 0.25) is 0 Å². The summed E-state index contributed by atoms with van der Waals surface area (Å²) >= 11 is 1.61. The molecule has 1 amide bonds. The maximum atomic E-state index is 13.1. The number of nitrogens with one attached hydrogen (secondary N) is 1. The van der Waals surface area contributed by atoms with Crippen LogP contribution < -0.4 is 0 Å². The molecule has 7 nitrogen and oxygen atoms in total. The van der Waals surface area contributed by atoms with Gasteiger partial charge >= 0.3 is 0 Å². The molecule has 1 aliphatic rings. The zero-order valence-corrected chi connectivity index (χ0v) is 18.6. The Labute approximate surface area is 179 Å². The third kappa shape index (κ3) is 3.11. The number of pyridine rings is 1. The Morgan fingerprint density at radius 2 is 1.97 bits per heavy atom. The number of carbonyl (C=O) groups is 1. The van der Waals surface area contributed by atoms with Crippen molar-refractivity contribution in [3.8, 4) is 11.3 Å². The second-order valence-corrected chi connectivity index (χ2v) is 9.51. The van der Waals surface area contributed by atoms with Crippen LogP contribution in [0.3, 0.4) is 0 Å². The topological polar surface area (TPSA) is 69.5 Å². The summed E-state index contributed by atoms with van der Waals surface area (Å²) in [4.78, 5) is 26.0. The Hall–Kier alpha value is -2.71. The lowest BCUT2D eigenvalue weighted by Gasteiger charge is -2.32. The number of nitrogens with zero attached hydrogens (tertiary/aromatic N) is 5. The lowest BCUT2D eigenvalue weighted by Crippen LogP contribution is -2.46. The van der Waals surface area contributed by atoms with Crippen LogP contribution in [-0.2, 0) is 0 Å². The predicted octanol–water partition coefficient (Wildman–Crippen LogP) is 3.76. The van der Waals surface area contributed by atoms with E-state index < -0.39 is 0 Å². The average molecular weight is 423 g/mol. The SMILES string of the molecule is Cc1cc(-c2[nH]c3cc(C(=O)N4CCN(C)CC4)sc3c2C(C)C)cn2ncnc12. The van der Waals surface area contributed by atoms with Crippen molar-refractivity contribution in [3.05, 3.63) is 40.7 Å². The molecule has 1 N–H and O–H groups in total. The Morgan fingerprint density at radius 1 is 1.20 bits per heavy atom. The van der Waals surface area contributed by atoms with Gasteiger partial charge < -0.3 is 14.8 Å². The van der Waals surface area contributed by atoms with E-state index in [1.807, 2.05) is 21.7 Å². The van der Waals surface area contributed by atoms with Gasteiger partial charge in [-0.1, -0.05) is 13.8 Å². The van der Waals surface area contributed by atoms with Gasteiger partial charge in [-0.25, -0.2) is 9.50 Å². The van der Waals surface area contributed by atoms with Crippen LogP contribution in [0, 0.1) is 6.92 Å². The fourth-order valence-electron chi connectivity index (χ4n) is 4.28. The van der Waals surface area contributed by atoms with E-state index in [1.165, 1.54) is 10.3 Å². The summed E-state index contributed by atoms with van der Waals surface area (Å²) in [6, 6.07) is 4.18. The van der Waals surface area contributed by atoms with Crippen molar-refractivity contribution in [2.75, 3.05) is 33.2 Å². The van der Waals surface area contributed by atoms with Crippen molar-refractivity contribution in [3.63, 3.8) is 0 Å². The number of aromatic nitrogens is 4. The van der Waals surface area contributed by atoms with Crippen molar-refractivity contribution in [1.82, 2.24) is 29.4 Å². The normalized spacial score (nSPS) is 15.7. The molecule has 0 spiro atoms. The molecule has 1 fully saturated rings. The highest BCUT2D eigenvalue weighted by molar-refractivity contribution is 7.21. The van der Waals surface area contributed by atoms with E-state index in [4.69, 9.17) is 0 Å². The van der Waals surface area contributed by atoms with Gasteiger partial charge in [-0.05, 0) is 43.1 Å². The maximum absolute atomic E-state index is 13.1. The predicted molar refractivity (Wildman–Crippen MR) is 120 cm³/mol. The summed E-state index contributed by atoms with van der Waals surface area (Å²) in [6.45, 7) is 9.91. The average Bonchev–Trinajstić information content (AvgIpc) is 3.41. The van der Waals surface area contributed by atoms with E-state index in [0.717, 1.165) is 59.0 Å². The third-order valence-electron chi connectivity index (χ3n) is 5.93. The first-order chi connectivity index (χ1) is 14.4. The van der Waals surface area contributed by atoms with Crippen LogP contribution in [0.25, 0.3) is 27.1 Å². The van der Waals surface area contributed by atoms with Crippen molar-refractivity contribution in [1.29, 1.82) is 0 Å². The van der Waals surface area contributed by atoms with Gasteiger partial charge in [-0.3, -0.25) is 4.79 Å². The summed E-state index contributed by atoms with van der Waals surface area (Å²) in [6.07, 6.45) is 3.60. The van der Waals surface area contributed by atoms with Crippen LogP contribution >= 0.6 is 11.3 Å². The van der Waals surface area contributed by atoms with Gasteiger partial charge in [0.15, 0.2) is 5.65 Å². The van der Waals surface area contributed by atoms with Gasteiger partial charge in [0.1, 0.15) is 6.33 Å². The van der Waals surface area contributed by atoms with Crippen molar-refractivity contribution in [2.24, 2.45) is 0 Å². The molecule has 0 saturated carbocycles. The number of aromatic amines is 1. The van der Waals surface area contributed by atoms with Gasteiger partial charge in [-0.15, -0.1) is 11.3 Å². The van der Waals surface area contributed by atoms with Gasteiger partial charge in [0.25, 0.3) is 5.91 Å². The summed E-state index contributed by atoms with van der Waals surface area (Å²) in [5.74, 6) is 0.472. The number of aryl methyl sites for hydroxylation is 1. The maximum Gasteiger partial charge on any atom is 0.264 e. The first kappa shape index (κ1) is 19.3. The highest BCUT2D eigenvalue weighted by atomic mass is 32.1. The summed E-state index contributed by atoms with van der Waals surface area (Å²) in [7, 11) is 2.10. The number of hydrogen-bond donors (Lipinski definition) is 1. The molecule has 0 aliphatic carbocycles. The smallest absolute Gasteiger partial charge is 0.264 e. The number of carbonyl (C=O) groups excluding carboxylic acids is 1. The summed E-state index contributed by atoms with van der Waals surface area (Å²) in [5.41, 5.74) is 6.44. The van der Waals surface area contributed by atoms with Crippen LogP contribution in [0.5, 0.6) is 0 Å². The fraction of sp³-hybridized carbons (Fsp3) is 0.409. The van der Waals surface area contributed by atoms with Gasteiger partial charge in [-0.2, -0.15) is 5.10 Å². The summed E-state index contributed by atoms with van der Waals surface area (Å²) in [5, 5.41) is 4.32. The number of likely N-dealkylation sites (N-methyl/N-ethyl adjacent to an activating group) is 1. The molecule has 0 atom stereocenters. The number of H-pyrrole nitrogens is 1. The lowest BCUT2D eigenvalue weighted by molar-refractivity contribution is 0.0669. The highest BCUT2D eigenvalue weighted by Crippen LogP contribution is 2.40. The number of hydrogen-bond acceptors (Lipinski definition) is 5. The minimum atomic E-state index is 0.147. The molecular formula is C22H26N6OS. The van der Waals surface area contributed by atoms with E-state index in [2.05, 4.69) is 53.9 Å². The molecule has 5 rings (SSSR count). The molecule has 0 unspecified atom stereocenters. The minimum Gasteiger partial charge on any atom is -0.354 e. The Balaban J connectivity index is 1.56. The standard InChI is InChI=1S/C22H26N6OS/c1-13(2)18-19(15-9-14(3)21-23-12-24-28(21)11-15)25-16-10-17(30-20(16)18)22(29)27-7-5-26(4)6-8-27/h9-13,25H,5-8H2,1-4H3. The van der Waals surface area contributed by atoms with E-state index in [0.29, 0.717) is 5.92 Å². The van der Waals surface area contributed by atoms with Gasteiger partial charge in [0.05, 0.1) is 20.8 Å². The quantitative estimate of drug-likeness (QED) is 0.546. The molecule has 4 aromatic rings. The lowest BCUT2D eigenvalue weighted by atomic mass is 9.99. The van der Waals surface area contributed by atoms with E-state index in [-0.39, 0.29) is 5.91 Å². The summed E-state index contributed by atoms with van der Waals surface area (Å²) < 4.78 is 3.00. The molecule has 1 saturated heterocycles. The van der Waals surface area contributed by atoms with Gasteiger partial charge in [0, 0.05) is 37.9 Å². The van der Waals surface area contributed by atoms with Crippen LogP contribution in [0.4, 0.5) is 0 Å². The zero-order valence-electron chi connectivity index (χ0n) is 17.8. The molecule has 1 aliphatic heterocycles. The van der Waals surface area contributed by atoms with E-state index >= 15 is 0 Å². The second-order valence-electron chi connectivity index (χ2n) is 8.46. The van der Waals surface area contributed by atoms with Crippen LogP contribution in [-0.4, -0.2) is 68.5 Å². The van der Waals surface area contributed by atoms with E-state index in [1.54, 1.807) is 17.7 Å². The van der Waals surface area contributed by atoms with Crippen molar-refractivity contribution < 1.29 is 4.79 Å². The molecular weight excluding hydrogens is 396 g/mol. The monoisotopic (exact) mass is 422 g/mol. The minimum absolute atomic E-state index is 0.147. The van der Waals surface area contributed by atoms with Crippen LogP contribution in [0.15, 0.2) is 24.7 Å². The number of rotatable bonds is 3. The first-order valence-electron chi connectivity index (χ1n) is 10.4. The molecule has 156 valence electrons. The molecule has 8 heteroatoms. The molecule has 0 aromatic carbocycles. The Kier molecular flexibility index (Phi) is 4.63. The largest absolute Gasteiger partial charge is 0.354 e. The highest BCUT2D eigenvalue weighted by Gasteiger charge is 2.25. The number of amides is 1. The number of piperazine rings is 1. The van der Waals surface area contributed by atoms with Crippen LogP contribution in [0.1, 0.15) is 40.6 Å². The Morgan fingerprint density at radius 3 is 2.70 bits per heavy atom. The third-order valence-corrected chi connectivity index (χ3v) is 7.09. The molecule has 4 aromatic heterocycles.